The number of carbonyl (C=O) groups excluding carboxylic acids is 4. The lowest BCUT2D eigenvalue weighted by atomic mass is 9.73. The van der Waals surface area contributed by atoms with Gasteiger partial charge in [0.15, 0.2) is 0 Å². The molecule has 0 fully saturated rings. The van der Waals surface area contributed by atoms with Gasteiger partial charge in [-0.1, -0.05) is 43.5 Å². The molecule has 0 heterocycles. The quantitative estimate of drug-likeness (QED) is 0.0233. The summed E-state index contributed by atoms with van der Waals surface area (Å²) in [5, 5.41) is 0. The van der Waals surface area contributed by atoms with Gasteiger partial charge < -0.3 is 28.4 Å². The van der Waals surface area contributed by atoms with Crippen LogP contribution >= 0.6 is 0 Å². The maximum absolute atomic E-state index is 14.7. The van der Waals surface area contributed by atoms with Crippen LogP contribution in [-0.2, 0) is 29.3 Å². The lowest BCUT2D eigenvalue weighted by Gasteiger charge is -2.38. The van der Waals surface area contributed by atoms with Gasteiger partial charge in [0.1, 0.15) is 34.6 Å². The van der Waals surface area contributed by atoms with Gasteiger partial charge in [0.25, 0.3) is 0 Å². The number of aryl methyl sites for hydroxylation is 1. The van der Waals surface area contributed by atoms with Crippen LogP contribution in [0.5, 0.6) is 23.0 Å². The molecular weight excluding hydrogens is 901 g/mol. The van der Waals surface area contributed by atoms with E-state index in [1.807, 2.05) is 0 Å². The molecule has 0 bridgehead atoms. The number of carbonyl (C=O) groups is 4. The highest BCUT2D eigenvalue weighted by molar-refractivity contribution is 5.91. The minimum absolute atomic E-state index is 0.111. The van der Waals surface area contributed by atoms with Crippen LogP contribution in [-0.4, -0.2) is 62.7 Å². The molecule has 4 rings (SSSR count). The van der Waals surface area contributed by atoms with Gasteiger partial charge in [-0.2, -0.15) is 26.3 Å². The highest BCUT2D eigenvalue weighted by Gasteiger charge is 2.72. The normalized spacial score (nSPS) is 11.3. The summed E-state index contributed by atoms with van der Waals surface area (Å²) in [6.07, 6.45) is -3.11. The van der Waals surface area contributed by atoms with E-state index in [1.54, 1.807) is 19.1 Å². The standard InChI is InChI=1S/C33H29F7O7.C16H21FO3/c1-3-29(42)45-19-7-5-4-6-18-44-26-16-17-27(28(34)20-26)30(43)47-25-14-10-23(11-15-25)31(32(35,36)37,33(38,39)40)22-8-12-24(13-9-22)46-21(2)41;1-3-16(18)20-11-7-5-4-6-10-19-14-9-8-13(2)15(17)12-14/h3,8-17,20H,1,4-7,18-19H2,2H3;3,8-9,12H,1,4-7,10-11H2,2H3. The molecule has 0 saturated carbocycles. The fourth-order valence-corrected chi connectivity index (χ4v) is 6.23. The first-order chi connectivity index (χ1) is 31.7. The molecule has 10 nitrogen and oxygen atoms in total. The van der Waals surface area contributed by atoms with Crippen molar-refractivity contribution in [2.24, 2.45) is 0 Å². The summed E-state index contributed by atoms with van der Waals surface area (Å²) in [7, 11) is 0. The van der Waals surface area contributed by atoms with E-state index in [2.05, 4.69) is 13.2 Å². The molecule has 0 amide bonds. The predicted octanol–water partition coefficient (Wildman–Crippen LogP) is 11.9. The third kappa shape index (κ3) is 16.9. The number of alkyl halides is 6. The molecule has 0 atom stereocenters. The number of ether oxygens (including phenoxy) is 6. The minimum Gasteiger partial charge on any atom is -0.493 e. The lowest BCUT2D eigenvalue weighted by molar-refractivity contribution is -0.288. The SMILES string of the molecule is C=CC(=O)OCCCCCCOc1ccc(C(=O)Oc2ccc(C(c3ccc(OC(C)=O)cc3)(C(F)(F)F)C(F)(F)F)cc2)c(F)c1.C=CC(=O)OCCCCCCOc1ccc(C)c(F)c1. The average Bonchev–Trinajstić information content (AvgIpc) is 3.26. The maximum atomic E-state index is 14.7. The van der Waals surface area contributed by atoms with E-state index in [1.165, 1.54) is 12.1 Å². The van der Waals surface area contributed by atoms with Crippen LogP contribution in [0.25, 0.3) is 0 Å². The summed E-state index contributed by atoms with van der Waals surface area (Å²) >= 11 is 0. The van der Waals surface area contributed by atoms with Crippen molar-refractivity contribution in [1.29, 1.82) is 0 Å². The van der Waals surface area contributed by atoms with E-state index in [4.69, 9.17) is 28.4 Å². The van der Waals surface area contributed by atoms with Gasteiger partial charge in [0, 0.05) is 31.2 Å². The van der Waals surface area contributed by atoms with Crippen LogP contribution in [0, 0.1) is 18.6 Å². The zero-order chi connectivity index (χ0) is 49.6. The number of benzene rings is 4. The number of rotatable bonds is 23. The number of hydrogen-bond donors (Lipinski definition) is 0. The Morgan fingerprint density at radius 3 is 1.30 bits per heavy atom. The lowest BCUT2D eigenvalue weighted by Crippen LogP contribution is -2.54. The maximum Gasteiger partial charge on any atom is 0.411 e. The summed E-state index contributed by atoms with van der Waals surface area (Å²) in [6, 6.07) is 13.4. The van der Waals surface area contributed by atoms with Gasteiger partial charge in [-0.3, -0.25) is 4.79 Å². The van der Waals surface area contributed by atoms with Crippen LogP contribution in [0.2, 0.25) is 0 Å². The molecular formula is C49H50F8O10. The summed E-state index contributed by atoms with van der Waals surface area (Å²) in [5.74, 6) is -4.26. The van der Waals surface area contributed by atoms with Gasteiger partial charge in [-0.15, -0.1) is 0 Å². The van der Waals surface area contributed by atoms with E-state index in [9.17, 15) is 54.3 Å². The molecule has 67 heavy (non-hydrogen) atoms. The zero-order valence-electron chi connectivity index (χ0n) is 36.7. The first kappa shape index (κ1) is 54.6. The van der Waals surface area contributed by atoms with Crippen molar-refractivity contribution in [1.82, 2.24) is 0 Å². The van der Waals surface area contributed by atoms with Gasteiger partial charge in [-0.25, -0.2) is 23.2 Å². The third-order valence-corrected chi connectivity index (χ3v) is 9.64. The summed E-state index contributed by atoms with van der Waals surface area (Å²) in [6.45, 7) is 10.8. The number of unbranched alkanes of at least 4 members (excludes halogenated alkanes) is 6. The average molecular weight is 951 g/mol. The van der Waals surface area contributed by atoms with Gasteiger partial charge in [0.05, 0.1) is 32.0 Å². The third-order valence-electron chi connectivity index (χ3n) is 9.64. The predicted molar refractivity (Wildman–Crippen MR) is 230 cm³/mol. The molecule has 0 aromatic heterocycles. The first-order valence-electron chi connectivity index (χ1n) is 20.9. The van der Waals surface area contributed by atoms with E-state index >= 15 is 0 Å². The topological polar surface area (TPSA) is 124 Å². The number of halogens is 8. The second-order valence-corrected chi connectivity index (χ2v) is 14.6. The molecule has 4 aromatic rings. The first-order valence-corrected chi connectivity index (χ1v) is 20.9. The molecule has 0 unspecified atom stereocenters. The zero-order valence-corrected chi connectivity index (χ0v) is 36.7. The van der Waals surface area contributed by atoms with Crippen LogP contribution in [0.3, 0.4) is 0 Å². The smallest absolute Gasteiger partial charge is 0.411 e. The monoisotopic (exact) mass is 950 g/mol. The highest BCUT2D eigenvalue weighted by atomic mass is 19.4. The fourth-order valence-electron chi connectivity index (χ4n) is 6.23. The van der Waals surface area contributed by atoms with E-state index in [0.29, 0.717) is 61.6 Å². The summed E-state index contributed by atoms with van der Waals surface area (Å²) in [4.78, 5) is 45.4. The van der Waals surface area contributed by atoms with E-state index < -0.39 is 63.9 Å². The molecule has 0 N–H and O–H groups in total. The Kier molecular flexibility index (Phi) is 21.5. The molecule has 18 heteroatoms. The summed E-state index contributed by atoms with van der Waals surface area (Å²) in [5.41, 5.74) is -6.87. The highest BCUT2D eigenvalue weighted by Crippen LogP contribution is 2.56. The number of hydrogen-bond acceptors (Lipinski definition) is 10. The van der Waals surface area contributed by atoms with Crippen molar-refractivity contribution in [3.8, 4) is 23.0 Å². The summed E-state index contributed by atoms with van der Waals surface area (Å²) < 4.78 is 145. The Balaban J connectivity index is 0.000000496. The van der Waals surface area contributed by atoms with Crippen molar-refractivity contribution in [3.63, 3.8) is 0 Å². The van der Waals surface area contributed by atoms with E-state index in [-0.39, 0.29) is 36.5 Å². The Bertz CT molecular complexity index is 2240. The van der Waals surface area contributed by atoms with Crippen molar-refractivity contribution >= 4 is 23.9 Å². The molecule has 0 saturated heterocycles. The largest absolute Gasteiger partial charge is 0.493 e. The molecule has 0 spiro atoms. The van der Waals surface area contributed by atoms with Crippen LogP contribution in [0.4, 0.5) is 35.1 Å². The fraction of sp³-hybridized carbons (Fsp3) is 0.347. The van der Waals surface area contributed by atoms with Gasteiger partial charge in [-0.05, 0) is 117 Å². The molecule has 4 aromatic carbocycles. The molecule has 0 aliphatic heterocycles. The minimum atomic E-state index is -5.89. The molecule has 0 aliphatic rings. The Labute approximate surface area is 382 Å². The van der Waals surface area contributed by atoms with Crippen molar-refractivity contribution in [2.45, 2.75) is 83.0 Å². The van der Waals surface area contributed by atoms with E-state index in [0.717, 1.165) is 94.0 Å². The van der Waals surface area contributed by atoms with Crippen molar-refractivity contribution in [3.05, 3.63) is 144 Å². The van der Waals surface area contributed by atoms with Crippen LogP contribution < -0.4 is 18.9 Å². The number of esters is 4. The molecule has 0 aliphatic carbocycles. The van der Waals surface area contributed by atoms with Crippen LogP contribution in [0.15, 0.2) is 110 Å². The Hall–Kier alpha value is -6.72. The van der Waals surface area contributed by atoms with Crippen molar-refractivity contribution in [2.75, 3.05) is 26.4 Å². The molecule has 0 radical (unpaired) electrons. The Morgan fingerprint density at radius 2 is 0.910 bits per heavy atom. The van der Waals surface area contributed by atoms with Crippen LogP contribution in [0.1, 0.15) is 85.3 Å². The Morgan fingerprint density at radius 1 is 0.522 bits per heavy atom. The van der Waals surface area contributed by atoms with Gasteiger partial charge >= 0.3 is 36.2 Å². The van der Waals surface area contributed by atoms with Crippen molar-refractivity contribution < 1.29 is 82.7 Å². The second kappa shape index (κ2) is 26.4. The second-order valence-electron chi connectivity index (χ2n) is 14.6. The van der Waals surface area contributed by atoms with Gasteiger partial charge in [0.2, 0.25) is 5.41 Å². The molecule has 362 valence electrons.